The highest BCUT2D eigenvalue weighted by Gasteiger charge is 2.20. The van der Waals surface area contributed by atoms with Crippen LogP contribution in [0.15, 0.2) is 29.2 Å². The summed E-state index contributed by atoms with van der Waals surface area (Å²) in [6.45, 7) is 7.78. The third kappa shape index (κ3) is 4.95. The fraction of sp³-hybridized carbons (Fsp3) is 0.600. The molecule has 6 heteroatoms. The Bertz CT molecular complexity index is 544. The van der Waals surface area contributed by atoms with E-state index in [-0.39, 0.29) is 23.9 Å². The van der Waals surface area contributed by atoms with Crippen LogP contribution in [-0.2, 0) is 15.4 Å². The van der Waals surface area contributed by atoms with Crippen LogP contribution < -0.4 is 10.0 Å². The number of rotatable bonds is 4. The predicted octanol–water partition coefficient (Wildman–Crippen LogP) is 2.44. The highest BCUT2D eigenvalue weighted by Crippen LogP contribution is 2.23. The van der Waals surface area contributed by atoms with Crippen molar-refractivity contribution in [2.75, 3.05) is 13.1 Å². The van der Waals surface area contributed by atoms with E-state index < -0.39 is 10.0 Å². The van der Waals surface area contributed by atoms with Crippen molar-refractivity contribution >= 4 is 22.4 Å². The Morgan fingerprint density at radius 2 is 1.86 bits per heavy atom. The standard InChI is InChI=1S/C15H24N2O2S.ClH/c1-15(2,3)12-6-8-14(9-7-12)20(18,19)17-11-13-5-4-10-16-13;/h6-9,13,16-17H,4-5,10-11H2,1-3H3;1H. The summed E-state index contributed by atoms with van der Waals surface area (Å²) in [5.41, 5.74) is 1.16. The molecule has 0 aliphatic carbocycles. The van der Waals surface area contributed by atoms with Gasteiger partial charge in [0.05, 0.1) is 4.90 Å². The summed E-state index contributed by atoms with van der Waals surface area (Å²) in [5.74, 6) is 0. The molecule has 120 valence electrons. The topological polar surface area (TPSA) is 58.2 Å². The van der Waals surface area contributed by atoms with Gasteiger partial charge in [-0.25, -0.2) is 13.1 Å². The van der Waals surface area contributed by atoms with Gasteiger partial charge in [-0.15, -0.1) is 12.4 Å². The fourth-order valence-electron chi connectivity index (χ4n) is 2.36. The maximum Gasteiger partial charge on any atom is 0.240 e. The van der Waals surface area contributed by atoms with Crippen LogP contribution in [0.25, 0.3) is 0 Å². The van der Waals surface area contributed by atoms with Gasteiger partial charge in [0.25, 0.3) is 0 Å². The van der Waals surface area contributed by atoms with Crippen molar-refractivity contribution in [3.8, 4) is 0 Å². The SMILES string of the molecule is CC(C)(C)c1ccc(S(=O)(=O)NCC2CCCN2)cc1.Cl. The maximum atomic E-state index is 12.2. The molecule has 1 aliphatic rings. The molecule has 1 fully saturated rings. The zero-order chi connectivity index (χ0) is 14.8. The molecular weight excluding hydrogens is 308 g/mol. The summed E-state index contributed by atoms with van der Waals surface area (Å²) in [6.07, 6.45) is 2.15. The van der Waals surface area contributed by atoms with Gasteiger partial charge in [-0.3, -0.25) is 0 Å². The molecule has 1 aromatic rings. The number of hydrogen-bond acceptors (Lipinski definition) is 3. The Kier molecular flexibility index (Phi) is 6.23. The normalized spacial score (nSPS) is 19.3. The average molecular weight is 333 g/mol. The van der Waals surface area contributed by atoms with Crippen LogP contribution in [0, 0.1) is 0 Å². The van der Waals surface area contributed by atoms with E-state index in [1.807, 2.05) is 12.1 Å². The number of sulfonamides is 1. The Labute approximate surface area is 134 Å². The van der Waals surface area contributed by atoms with Crippen molar-refractivity contribution in [1.82, 2.24) is 10.0 Å². The lowest BCUT2D eigenvalue weighted by atomic mass is 9.87. The van der Waals surface area contributed by atoms with E-state index in [1.54, 1.807) is 12.1 Å². The summed E-state index contributed by atoms with van der Waals surface area (Å²) in [4.78, 5) is 0.337. The second-order valence-corrected chi connectivity index (χ2v) is 8.19. The summed E-state index contributed by atoms with van der Waals surface area (Å²) < 4.78 is 27.1. The molecule has 0 aromatic heterocycles. The van der Waals surface area contributed by atoms with Gasteiger partial charge in [-0.05, 0) is 42.5 Å². The summed E-state index contributed by atoms with van der Waals surface area (Å²) in [7, 11) is -3.40. The van der Waals surface area contributed by atoms with Gasteiger partial charge in [0.1, 0.15) is 0 Å². The summed E-state index contributed by atoms with van der Waals surface area (Å²) in [6, 6.07) is 7.42. The quantitative estimate of drug-likeness (QED) is 0.890. The zero-order valence-electron chi connectivity index (χ0n) is 12.8. The first-order valence-electron chi connectivity index (χ1n) is 7.13. The van der Waals surface area contributed by atoms with Gasteiger partial charge < -0.3 is 5.32 Å². The molecule has 1 aromatic carbocycles. The lowest BCUT2D eigenvalue weighted by Gasteiger charge is -2.19. The average Bonchev–Trinajstić information content (AvgIpc) is 2.89. The molecule has 1 aliphatic heterocycles. The van der Waals surface area contributed by atoms with E-state index in [9.17, 15) is 8.42 Å². The van der Waals surface area contributed by atoms with Crippen LogP contribution in [0.2, 0.25) is 0 Å². The number of benzene rings is 1. The Morgan fingerprint density at radius 3 is 2.33 bits per heavy atom. The van der Waals surface area contributed by atoms with Crippen molar-refractivity contribution in [1.29, 1.82) is 0 Å². The highest BCUT2D eigenvalue weighted by atomic mass is 35.5. The lowest BCUT2D eigenvalue weighted by molar-refractivity contribution is 0.551. The Morgan fingerprint density at radius 1 is 1.24 bits per heavy atom. The Balaban J connectivity index is 0.00000220. The van der Waals surface area contributed by atoms with Gasteiger partial charge in [-0.1, -0.05) is 32.9 Å². The van der Waals surface area contributed by atoms with Crippen molar-refractivity contribution in [2.45, 2.75) is 50.0 Å². The van der Waals surface area contributed by atoms with Crippen LogP contribution in [0.3, 0.4) is 0 Å². The first-order chi connectivity index (χ1) is 9.29. The van der Waals surface area contributed by atoms with Crippen molar-refractivity contribution in [3.63, 3.8) is 0 Å². The molecule has 0 radical (unpaired) electrons. The molecule has 0 saturated carbocycles. The van der Waals surface area contributed by atoms with E-state index in [0.29, 0.717) is 11.4 Å². The molecule has 1 heterocycles. The highest BCUT2D eigenvalue weighted by molar-refractivity contribution is 7.89. The smallest absolute Gasteiger partial charge is 0.240 e. The minimum Gasteiger partial charge on any atom is -0.313 e. The Hall–Kier alpha value is -0.620. The third-order valence-corrected chi connectivity index (χ3v) is 5.15. The first kappa shape index (κ1) is 18.4. The predicted molar refractivity (Wildman–Crippen MR) is 88.6 cm³/mol. The van der Waals surface area contributed by atoms with Crippen molar-refractivity contribution in [3.05, 3.63) is 29.8 Å². The van der Waals surface area contributed by atoms with Crippen LogP contribution in [0.5, 0.6) is 0 Å². The van der Waals surface area contributed by atoms with Crippen molar-refractivity contribution < 1.29 is 8.42 Å². The molecular formula is C15H25ClN2O2S. The monoisotopic (exact) mass is 332 g/mol. The molecule has 2 rings (SSSR count). The third-order valence-electron chi connectivity index (χ3n) is 3.71. The van der Waals surface area contributed by atoms with E-state index in [1.165, 1.54) is 0 Å². The number of halogens is 1. The molecule has 21 heavy (non-hydrogen) atoms. The molecule has 2 N–H and O–H groups in total. The zero-order valence-corrected chi connectivity index (χ0v) is 14.5. The minimum atomic E-state index is -3.40. The molecule has 4 nitrogen and oxygen atoms in total. The second kappa shape index (κ2) is 7.09. The van der Waals surface area contributed by atoms with E-state index in [2.05, 4.69) is 30.8 Å². The van der Waals surface area contributed by atoms with Crippen LogP contribution in [0.4, 0.5) is 0 Å². The second-order valence-electron chi connectivity index (χ2n) is 6.42. The molecule has 0 bridgehead atoms. The van der Waals surface area contributed by atoms with Gasteiger partial charge in [0.15, 0.2) is 0 Å². The summed E-state index contributed by atoms with van der Waals surface area (Å²) in [5, 5.41) is 3.28. The van der Waals surface area contributed by atoms with Crippen molar-refractivity contribution in [2.24, 2.45) is 0 Å². The molecule has 1 unspecified atom stereocenters. The van der Waals surface area contributed by atoms with Gasteiger partial charge in [-0.2, -0.15) is 0 Å². The number of nitrogens with one attached hydrogen (secondary N) is 2. The van der Waals surface area contributed by atoms with E-state index >= 15 is 0 Å². The molecule has 1 atom stereocenters. The molecule has 1 saturated heterocycles. The van der Waals surface area contributed by atoms with Gasteiger partial charge in [0, 0.05) is 12.6 Å². The molecule has 0 spiro atoms. The van der Waals surface area contributed by atoms with Crippen LogP contribution in [-0.4, -0.2) is 27.5 Å². The minimum absolute atomic E-state index is 0. The summed E-state index contributed by atoms with van der Waals surface area (Å²) >= 11 is 0. The lowest BCUT2D eigenvalue weighted by Crippen LogP contribution is -2.37. The first-order valence-corrected chi connectivity index (χ1v) is 8.61. The largest absolute Gasteiger partial charge is 0.313 e. The number of hydrogen-bond donors (Lipinski definition) is 2. The fourth-order valence-corrected chi connectivity index (χ4v) is 3.44. The van der Waals surface area contributed by atoms with Crippen LogP contribution in [0.1, 0.15) is 39.2 Å². The maximum absolute atomic E-state index is 12.2. The van der Waals surface area contributed by atoms with E-state index in [0.717, 1.165) is 24.9 Å². The van der Waals surface area contributed by atoms with Gasteiger partial charge >= 0.3 is 0 Å². The molecule has 0 amide bonds. The van der Waals surface area contributed by atoms with E-state index in [4.69, 9.17) is 0 Å². The van der Waals surface area contributed by atoms with Gasteiger partial charge in [0.2, 0.25) is 10.0 Å². The van der Waals surface area contributed by atoms with Crippen LogP contribution >= 0.6 is 12.4 Å².